The summed E-state index contributed by atoms with van der Waals surface area (Å²) in [6.45, 7) is 2.66. The lowest BCUT2D eigenvalue weighted by molar-refractivity contribution is 1.02. The van der Waals surface area contributed by atoms with E-state index >= 15 is 0 Å². The van der Waals surface area contributed by atoms with Gasteiger partial charge < -0.3 is 5.73 Å². The number of thiazole rings is 1. The summed E-state index contributed by atoms with van der Waals surface area (Å²) < 4.78 is 2.12. The molecule has 0 aliphatic rings. The van der Waals surface area contributed by atoms with Gasteiger partial charge in [-0.05, 0) is 17.5 Å². The van der Waals surface area contributed by atoms with Gasteiger partial charge in [-0.3, -0.25) is 4.40 Å². The van der Waals surface area contributed by atoms with E-state index in [1.165, 1.54) is 16.8 Å². The van der Waals surface area contributed by atoms with Crippen molar-refractivity contribution in [3.05, 3.63) is 47.1 Å². The zero-order valence-electron chi connectivity index (χ0n) is 10.3. The summed E-state index contributed by atoms with van der Waals surface area (Å²) in [5, 5.41) is 2.14. The highest BCUT2D eigenvalue weighted by Gasteiger charge is 2.08. The van der Waals surface area contributed by atoms with Crippen molar-refractivity contribution in [2.75, 3.05) is 0 Å². The van der Waals surface area contributed by atoms with Gasteiger partial charge in [0.15, 0.2) is 4.96 Å². The smallest absolute Gasteiger partial charge is 0.194 e. The Hall–Kier alpha value is -1.65. The number of aryl methyl sites for hydroxylation is 1. The van der Waals surface area contributed by atoms with Crippen molar-refractivity contribution in [1.29, 1.82) is 0 Å². The van der Waals surface area contributed by atoms with Crippen LogP contribution < -0.4 is 5.73 Å². The van der Waals surface area contributed by atoms with E-state index in [2.05, 4.69) is 46.0 Å². The summed E-state index contributed by atoms with van der Waals surface area (Å²) >= 11 is 1.65. The molecule has 2 N–H and O–H groups in total. The molecule has 1 aromatic carbocycles. The van der Waals surface area contributed by atoms with Crippen LogP contribution in [0.15, 0.2) is 35.8 Å². The Labute approximate surface area is 110 Å². The van der Waals surface area contributed by atoms with E-state index in [4.69, 9.17) is 5.73 Å². The van der Waals surface area contributed by atoms with E-state index in [1.807, 2.05) is 6.20 Å². The van der Waals surface area contributed by atoms with E-state index < -0.39 is 0 Å². The highest BCUT2D eigenvalue weighted by molar-refractivity contribution is 7.15. The van der Waals surface area contributed by atoms with Crippen LogP contribution in [-0.2, 0) is 13.0 Å². The summed E-state index contributed by atoms with van der Waals surface area (Å²) in [6.07, 6.45) is 3.09. The maximum absolute atomic E-state index is 5.63. The van der Waals surface area contributed by atoms with E-state index in [0.29, 0.717) is 6.54 Å². The van der Waals surface area contributed by atoms with Crippen LogP contribution in [0.3, 0.4) is 0 Å². The van der Waals surface area contributed by atoms with Gasteiger partial charge in [0, 0.05) is 18.1 Å². The van der Waals surface area contributed by atoms with Crippen LogP contribution in [0.5, 0.6) is 0 Å². The number of hydrogen-bond acceptors (Lipinski definition) is 3. The van der Waals surface area contributed by atoms with Crippen LogP contribution in [-0.4, -0.2) is 9.38 Å². The molecule has 0 atom stereocenters. The first-order chi connectivity index (χ1) is 8.81. The van der Waals surface area contributed by atoms with Gasteiger partial charge in [-0.1, -0.05) is 31.2 Å². The van der Waals surface area contributed by atoms with Crippen molar-refractivity contribution in [3.63, 3.8) is 0 Å². The molecule has 0 radical (unpaired) electrons. The molecule has 2 heterocycles. The number of rotatable bonds is 3. The summed E-state index contributed by atoms with van der Waals surface area (Å²) in [5.74, 6) is 0. The highest BCUT2D eigenvalue weighted by atomic mass is 32.1. The van der Waals surface area contributed by atoms with Crippen LogP contribution in [0.2, 0.25) is 0 Å². The fourth-order valence-electron chi connectivity index (χ4n) is 2.05. The third kappa shape index (κ3) is 1.83. The van der Waals surface area contributed by atoms with Crippen molar-refractivity contribution in [3.8, 4) is 11.3 Å². The standard InChI is InChI=1S/C14H15N3S/c1-2-10-3-5-11(6-4-10)13-9-18-14-16-12(7-15)8-17(13)14/h3-6,8-9H,2,7,15H2,1H3. The molecular formula is C14H15N3S. The molecule has 3 nitrogen and oxygen atoms in total. The van der Waals surface area contributed by atoms with Gasteiger partial charge in [0.05, 0.1) is 11.4 Å². The summed E-state index contributed by atoms with van der Waals surface area (Å²) in [7, 11) is 0. The minimum atomic E-state index is 0.489. The van der Waals surface area contributed by atoms with E-state index in [9.17, 15) is 0 Å². The number of benzene rings is 1. The third-order valence-electron chi connectivity index (χ3n) is 3.13. The number of fused-ring (bicyclic) bond motifs is 1. The highest BCUT2D eigenvalue weighted by Crippen LogP contribution is 2.26. The predicted octanol–water partition coefficient (Wildman–Crippen LogP) is 3.08. The Morgan fingerprint density at radius 3 is 2.72 bits per heavy atom. The first-order valence-corrected chi connectivity index (χ1v) is 6.94. The Morgan fingerprint density at radius 1 is 1.28 bits per heavy atom. The van der Waals surface area contributed by atoms with Gasteiger partial charge in [-0.2, -0.15) is 0 Å². The van der Waals surface area contributed by atoms with Crippen molar-refractivity contribution in [2.24, 2.45) is 5.73 Å². The normalized spacial score (nSPS) is 11.2. The van der Waals surface area contributed by atoms with Crippen LogP contribution in [0.4, 0.5) is 0 Å². The zero-order valence-corrected chi connectivity index (χ0v) is 11.1. The number of hydrogen-bond donors (Lipinski definition) is 1. The van der Waals surface area contributed by atoms with Crippen LogP contribution in [0.25, 0.3) is 16.2 Å². The molecule has 0 fully saturated rings. The van der Waals surface area contributed by atoms with Gasteiger partial charge in [0.1, 0.15) is 0 Å². The van der Waals surface area contributed by atoms with Crippen molar-refractivity contribution < 1.29 is 0 Å². The SMILES string of the molecule is CCc1ccc(-c2csc3nc(CN)cn23)cc1. The van der Waals surface area contributed by atoms with Crippen LogP contribution in [0, 0.1) is 0 Å². The Kier molecular flexibility index (Phi) is 2.89. The van der Waals surface area contributed by atoms with Gasteiger partial charge >= 0.3 is 0 Å². The minimum absolute atomic E-state index is 0.489. The topological polar surface area (TPSA) is 43.3 Å². The second kappa shape index (κ2) is 4.55. The lowest BCUT2D eigenvalue weighted by Gasteiger charge is -2.01. The van der Waals surface area contributed by atoms with E-state index in [-0.39, 0.29) is 0 Å². The Balaban J connectivity index is 2.09. The van der Waals surface area contributed by atoms with Crippen molar-refractivity contribution >= 4 is 16.3 Å². The van der Waals surface area contributed by atoms with Gasteiger partial charge in [0.25, 0.3) is 0 Å². The fraction of sp³-hybridized carbons (Fsp3) is 0.214. The molecule has 0 unspecified atom stereocenters. The molecule has 0 saturated heterocycles. The second-order valence-electron chi connectivity index (χ2n) is 4.26. The number of aromatic nitrogens is 2. The molecule has 4 heteroatoms. The van der Waals surface area contributed by atoms with Gasteiger partial charge in [-0.25, -0.2) is 4.98 Å². The molecule has 3 rings (SSSR count). The first-order valence-electron chi connectivity index (χ1n) is 6.06. The maximum atomic E-state index is 5.63. The number of imidazole rings is 1. The zero-order chi connectivity index (χ0) is 12.5. The lowest BCUT2D eigenvalue weighted by Crippen LogP contribution is -1.95. The quantitative estimate of drug-likeness (QED) is 0.783. The fourth-order valence-corrected chi connectivity index (χ4v) is 2.95. The average Bonchev–Trinajstić information content (AvgIpc) is 2.98. The van der Waals surface area contributed by atoms with Gasteiger partial charge in [-0.15, -0.1) is 11.3 Å². The van der Waals surface area contributed by atoms with E-state index in [0.717, 1.165) is 17.1 Å². The van der Waals surface area contributed by atoms with Crippen molar-refractivity contribution in [2.45, 2.75) is 19.9 Å². The van der Waals surface area contributed by atoms with Gasteiger partial charge in [0.2, 0.25) is 0 Å². The predicted molar refractivity (Wildman–Crippen MR) is 75.8 cm³/mol. The first kappa shape index (κ1) is 11.4. The maximum Gasteiger partial charge on any atom is 0.194 e. The minimum Gasteiger partial charge on any atom is -0.325 e. The second-order valence-corrected chi connectivity index (χ2v) is 5.10. The molecule has 0 amide bonds. The van der Waals surface area contributed by atoms with Crippen molar-refractivity contribution in [1.82, 2.24) is 9.38 Å². The largest absolute Gasteiger partial charge is 0.325 e. The Morgan fingerprint density at radius 2 is 2.06 bits per heavy atom. The molecule has 0 bridgehead atoms. The average molecular weight is 257 g/mol. The molecular weight excluding hydrogens is 242 g/mol. The molecule has 0 spiro atoms. The third-order valence-corrected chi connectivity index (χ3v) is 3.97. The molecule has 0 saturated carbocycles. The number of nitrogens with two attached hydrogens (primary N) is 1. The van der Waals surface area contributed by atoms with Crippen LogP contribution >= 0.6 is 11.3 Å². The molecule has 2 aromatic heterocycles. The molecule has 18 heavy (non-hydrogen) atoms. The molecule has 92 valence electrons. The molecule has 3 aromatic rings. The molecule has 0 aliphatic carbocycles. The Bertz CT molecular complexity index is 664. The number of nitrogens with zero attached hydrogens (tertiary/aromatic N) is 2. The van der Waals surface area contributed by atoms with E-state index in [1.54, 1.807) is 11.3 Å². The monoisotopic (exact) mass is 257 g/mol. The summed E-state index contributed by atoms with van der Waals surface area (Å²) in [5.41, 5.74) is 10.3. The summed E-state index contributed by atoms with van der Waals surface area (Å²) in [6, 6.07) is 8.70. The van der Waals surface area contributed by atoms with Crippen LogP contribution in [0.1, 0.15) is 18.2 Å². The molecule has 0 aliphatic heterocycles. The lowest BCUT2D eigenvalue weighted by atomic mass is 10.1. The summed E-state index contributed by atoms with van der Waals surface area (Å²) in [4.78, 5) is 5.47.